The summed E-state index contributed by atoms with van der Waals surface area (Å²) >= 11 is 3.59. The van der Waals surface area contributed by atoms with Crippen LogP contribution in [0.5, 0.6) is 0 Å². The van der Waals surface area contributed by atoms with Crippen molar-refractivity contribution in [3.05, 3.63) is 22.3 Å². The van der Waals surface area contributed by atoms with Gasteiger partial charge in [-0.05, 0) is 60.2 Å². The van der Waals surface area contributed by atoms with Gasteiger partial charge < -0.3 is 5.32 Å². The maximum Gasteiger partial charge on any atom is 0.140 e. The van der Waals surface area contributed by atoms with Gasteiger partial charge in [0.2, 0.25) is 0 Å². The fourth-order valence-corrected chi connectivity index (χ4v) is 2.78. The third-order valence-electron chi connectivity index (χ3n) is 3.55. The molecule has 0 amide bonds. The van der Waals surface area contributed by atoms with Gasteiger partial charge in [-0.2, -0.15) is 0 Å². The smallest absolute Gasteiger partial charge is 0.140 e. The number of pyridine rings is 1. The molecule has 1 aliphatic carbocycles. The van der Waals surface area contributed by atoms with Gasteiger partial charge in [0, 0.05) is 12.2 Å². The van der Waals surface area contributed by atoms with Crippen molar-refractivity contribution in [1.82, 2.24) is 4.98 Å². The van der Waals surface area contributed by atoms with Crippen LogP contribution in [0.1, 0.15) is 38.2 Å². The van der Waals surface area contributed by atoms with E-state index in [0.717, 1.165) is 16.2 Å². The summed E-state index contributed by atoms with van der Waals surface area (Å²) in [6, 6.07) is 2.54. The Morgan fingerprint density at radius 2 is 2.12 bits per heavy atom. The van der Waals surface area contributed by atoms with E-state index < -0.39 is 0 Å². The second kappa shape index (κ2) is 5.17. The summed E-state index contributed by atoms with van der Waals surface area (Å²) in [6.45, 7) is 4.36. The zero-order valence-electron chi connectivity index (χ0n) is 9.96. The quantitative estimate of drug-likeness (QED) is 0.901. The lowest BCUT2D eigenvalue weighted by Crippen LogP contribution is -2.24. The van der Waals surface area contributed by atoms with Gasteiger partial charge in [-0.3, -0.25) is 0 Å². The summed E-state index contributed by atoms with van der Waals surface area (Å²) in [6.07, 6.45) is 7.36. The lowest BCUT2D eigenvalue weighted by atomic mass is 10.00. The Morgan fingerprint density at radius 3 is 2.81 bits per heavy atom. The van der Waals surface area contributed by atoms with Crippen LogP contribution >= 0.6 is 15.9 Å². The molecule has 1 aliphatic rings. The van der Waals surface area contributed by atoms with Crippen molar-refractivity contribution < 1.29 is 0 Å². The van der Waals surface area contributed by atoms with E-state index in [2.05, 4.69) is 40.1 Å². The van der Waals surface area contributed by atoms with Gasteiger partial charge in [-0.25, -0.2) is 4.98 Å². The van der Waals surface area contributed by atoms with Gasteiger partial charge >= 0.3 is 0 Å². The van der Waals surface area contributed by atoms with Crippen LogP contribution in [0.2, 0.25) is 0 Å². The second-order valence-electron chi connectivity index (χ2n) is 4.77. The number of rotatable bonds is 3. The standard InChI is InChI=1S/C13H19BrN2/c1-9-7-8-15-13(12(9)14)16-10(2)11-5-3-4-6-11/h7-8,10-11H,3-6H2,1-2H3,(H,15,16). The fraction of sp³-hybridized carbons (Fsp3) is 0.615. The van der Waals surface area contributed by atoms with Gasteiger partial charge in [-0.15, -0.1) is 0 Å². The maximum atomic E-state index is 4.39. The summed E-state index contributed by atoms with van der Waals surface area (Å²) in [5.41, 5.74) is 1.23. The predicted molar refractivity (Wildman–Crippen MR) is 71.7 cm³/mol. The molecule has 1 fully saturated rings. The maximum absolute atomic E-state index is 4.39. The second-order valence-corrected chi connectivity index (χ2v) is 5.56. The number of anilines is 1. The van der Waals surface area contributed by atoms with Crippen molar-refractivity contribution in [1.29, 1.82) is 0 Å². The van der Waals surface area contributed by atoms with Crippen LogP contribution in [0.25, 0.3) is 0 Å². The van der Waals surface area contributed by atoms with Crippen LogP contribution in [0.15, 0.2) is 16.7 Å². The first kappa shape index (κ1) is 11.9. The van der Waals surface area contributed by atoms with Crippen molar-refractivity contribution >= 4 is 21.7 Å². The van der Waals surface area contributed by atoms with Gasteiger partial charge in [0.1, 0.15) is 5.82 Å². The Balaban J connectivity index is 2.05. The molecule has 1 aromatic rings. The number of hydrogen-bond acceptors (Lipinski definition) is 2. The molecule has 0 aliphatic heterocycles. The zero-order chi connectivity index (χ0) is 11.5. The minimum atomic E-state index is 0.521. The minimum Gasteiger partial charge on any atom is -0.366 e. The van der Waals surface area contributed by atoms with Crippen LogP contribution < -0.4 is 5.32 Å². The summed E-state index contributed by atoms with van der Waals surface area (Å²) in [4.78, 5) is 4.39. The number of hydrogen-bond donors (Lipinski definition) is 1. The summed E-state index contributed by atoms with van der Waals surface area (Å²) < 4.78 is 1.10. The molecule has 1 N–H and O–H groups in total. The lowest BCUT2D eigenvalue weighted by Gasteiger charge is -2.21. The van der Waals surface area contributed by atoms with E-state index in [0.29, 0.717) is 6.04 Å². The molecule has 2 rings (SSSR count). The lowest BCUT2D eigenvalue weighted by molar-refractivity contribution is 0.481. The highest BCUT2D eigenvalue weighted by atomic mass is 79.9. The SMILES string of the molecule is Cc1ccnc(NC(C)C2CCCC2)c1Br. The molecular weight excluding hydrogens is 264 g/mol. The third-order valence-corrected chi connectivity index (χ3v) is 4.55. The Labute approximate surface area is 106 Å². The van der Waals surface area contributed by atoms with E-state index in [-0.39, 0.29) is 0 Å². The molecule has 2 nitrogen and oxygen atoms in total. The molecule has 1 aromatic heterocycles. The van der Waals surface area contributed by atoms with Crippen molar-refractivity contribution in [3.63, 3.8) is 0 Å². The third kappa shape index (κ3) is 2.57. The molecule has 0 aromatic carbocycles. The normalized spacial score (nSPS) is 18.7. The van der Waals surface area contributed by atoms with Gasteiger partial charge in [0.05, 0.1) is 4.47 Å². The van der Waals surface area contributed by atoms with Crippen molar-refractivity contribution in [2.75, 3.05) is 5.32 Å². The Morgan fingerprint density at radius 1 is 1.44 bits per heavy atom. The van der Waals surface area contributed by atoms with E-state index in [1.807, 2.05) is 12.3 Å². The number of aromatic nitrogens is 1. The van der Waals surface area contributed by atoms with E-state index in [1.165, 1.54) is 31.2 Å². The largest absolute Gasteiger partial charge is 0.366 e. The molecule has 16 heavy (non-hydrogen) atoms. The molecule has 0 saturated heterocycles. The monoisotopic (exact) mass is 282 g/mol. The molecule has 0 bridgehead atoms. The molecule has 0 spiro atoms. The Hall–Kier alpha value is -0.570. The molecule has 1 heterocycles. The van der Waals surface area contributed by atoms with Crippen LogP contribution in [0.4, 0.5) is 5.82 Å². The number of nitrogens with zero attached hydrogens (tertiary/aromatic N) is 1. The van der Waals surface area contributed by atoms with E-state index in [9.17, 15) is 0 Å². The predicted octanol–water partition coefficient (Wildman–Crippen LogP) is 4.14. The highest BCUT2D eigenvalue weighted by Gasteiger charge is 2.22. The molecular formula is C13H19BrN2. The summed E-state index contributed by atoms with van der Waals surface area (Å²) in [7, 11) is 0. The average molecular weight is 283 g/mol. The topological polar surface area (TPSA) is 24.9 Å². The molecule has 1 saturated carbocycles. The van der Waals surface area contributed by atoms with Crippen molar-refractivity contribution in [2.24, 2.45) is 5.92 Å². The van der Waals surface area contributed by atoms with Gasteiger partial charge in [-0.1, -0.05) is 12.8 Å². The van der Waals surface area contributed by atoms with E-state index >= 15 is 0 Å². The van der Waals surface area contributed by atoms with Crippen molar-refractivity contribution in [3.8, 4) is 0 Å². The first-order valence-electron chi connectivity index (χ1n) is 6.06. The van der Waals surface area contributed by atoms with E-state index in [4.69, 9.17) is 0 Å². The average Bonchev–Trinajstić information content (AvgIpc) is 2.78. The molecule has 88 valence electrons. The Kier molecular flexibility index (Phi) is 3.85. The molecule has 1 atom stereocenters. The zero-order valence-corrected chi connectivity index (χ0v) is 11.5. The first-order valence-corrected chi connectivity index (χ1v) is 6.85. The van der Waals surface area contributed by atoms with Crippen LogP contribution in [0.3, 0.4) is 0 Å². The summed E-state index contributed by atoms with van der Waals surface area (Å²) in [5, 5.41) is 3.53. The highest BCUT2D eigenvalue weighted by Crippen LogP contribution is 2.31. The number of halogens is 1. The van der Waals surface area contributed by atoms with E-state index in [1.54, 1.807) is 0 Å². The number of aryl methyl sites for hydroxylation is 1. The number of nitrogens with one attached hydrogen (secondary N) is 1. The highest BCUT2D eigenvalue weighted by molar-refractivity contribution is 9.10. The van der Waals surface area contributed by atoms with Gasteiger partial charge in [0.25, 0.3) is 0 Å². The van der Waals surface area contributed by atoms with Gasteiger partial charge in [0.15, 0.2) is 0 Å². The molecule has 3 heteroatoms. The van der Waals surface area contributed by atoms with Crippen LogP contribution in [-0.2, 0) is 0 Å². The van der Waals surface area contributed by atoms with Crippen LogP contribution in [0, 0.1) is 12.8 Å². The molecule has 1 unspecified atom stereocenters. The summed E-state index contributed by atoms with van der Waals surface area (Å²) in [5.74, 6) is 1.80. The molecule has 0 radical (unpaired) electrons. The Bertz CT molecular complexity index is 359. The van der Waals surface area contributed by atoms with Crippen molar-refractivity contribution in [2.45, 2.75) is 45.6 Å². The fourth-order valence-electron chi connectivity index (χ4n) is 2.43. The first-order chi connectivity index (χ1) is 7.68. The van der Waals surface area contributed by atoms with Crippen LogP contribution in [-0.4, -0.2) is 11.0 Å². The minimum absolute atomic E-state index is 0.521.